The Morgan fingerprint density at radius 1 is 1.22 bits per heavy atom. The normalized spacial score (nSPS) is 20.6. The van der Waals surface area contributed by atoms with E-state index >= 15 is 0 Å². The predicted octanol–water partition coefficient (Wildman–Crippen LogP) is 2.30. The average Bonchev–Trinajstić information content (AvgIpc) is 3.38. The van der Waals surface area contributed by atoms with Crippen LogP contribution in [0.1, 0.15) is 23.8 Å². The molecule has 0 bridgehead atoms. The Kier molecular flexibility index (Phi) is 5.22. The van der Waals surface area contributed by atoms with E-state index < -0.39 is 0 Å². The van der Waals surface area contributed by atoms with Crippen molar-refractivity contribution >= 4 is 11.6 Å². The van der Waals surface area contributed by atoms with E-state index in [1.54, 1.807) is 18.4 Å². The predicted molar refractivity (Wildman–Crippen MR) is 99.7 cm³/mol. The molecule has 142 valence electrons. The third kappa shape index (κ3) is 3.89. The van der Waals surface area contributed by atoms with Gasteiger partial charge in [0.2, 0.25) is 0 Å². The fraction of sp³-hybridized carbons (Fsp3) is 0.400. The summed E-state index contributed by atoms with van der Waals surface area (Å²) in [5, 5.41) is 6.24. The lowest BCUT2D eigenvalue weighted by Crippen LogP contribution is -2.43. The molecule has 1 saturated heterocycles. The first-order valence-corrected chi connectivity index (χ1v) is 9.12. The molecule has 0 saturated carbocycles. The van der Waals surface area contributed by atoms with E-state index in [4.69, 9.17) is 13.9 Å². The maximum absolute atomic E-state index is 13.0. The highest BCUT2D eigenvalue weighted by Gasteiger charge is 2.35. The summed E-state index contributed by atoms with van der Waals surface area (Å²) in [6.07, 6.45) is 2.25. The quantitative estimate of drug-likeness (QED) is 0.809. The van der Waals surface area contributed by atoms with Crippen molar-refractivity contribution in [1.29, 1.82) is 0 Å². The second kappa shape index (κ2) is 7.94. The molecule has 1 aromatic carbocycles. The highest BCUT2D eigenvalue weighted by atomic mass is 16.5. The van der Waals surface area contributed by atoms with Gasteiger partial charge in [-0.3, -0.25) is 9.69 Å². The van der Waals surface area contributed by atoms with Gasteiger partial charge in [0.1, 0.15) is 17.6 Å². The van der Waals surface area contributed by atoms with Crippen molar-refractivity contribution in [3.05, 3.63) is 54.0 Å². The van der Waals surface area contributed by atoms with Gasteiger partial charge in [0.25, 0.3) is 5.91 Å². The van der Waals surface area contributed by atoms with Gasteiger partial charge < -0.3 is 13.9 Å². The number of methoxy groups -OCH3 is 1. The minimum absolute atomic E-state index is 0.0261. The zero-order valence-corrected chi connectivity index (χ0v) is 15.3. The van der Waals surface area contributed by atoms with Crippen LogP contribution in [0, 0.1) is 0 Å². The van der Waals surface area contributed by atoms with Crippen LogP contribution in [0.2, 0.25) is 0 Å². The van der Waals surface area contributed by atoms with Crippen LogP contribution in [0.15, 0.2) is 52.2 Å². The molecule has 0 spiro atoms. The smallest absolute Gasteiger partial charge is 0.257 e. The summed E-state index contributed by atoms with van der Waals surface area (Å²) in [6, 6.07) is 11.2. The van der Waals surface area contributed by atoms with Crippen LogP contribution < -0.4 is 4.74 Å². The van der Waals surface area contributed by atoms with Crippen molar-refractivity contribution in [3.8, 4) is 5.75 Å². The second-order valence-corrected chi connectivity index (χ2v) is 6.64. The van der Waals surface area contributed by atoms with Crippen molar-refractivity contribution < 1.29 is 18.7 Å². The van der Waals surface area contributed by atoms with Crippen LogP contribution >= 0.6 is 0 Å². The number of amides is 1. The molecular weight excluding hydrogens is 346 g/mol. The van der Waals surface area contributed by atoms with Gasteiger partial charge in [0, 0.05) is 19.5 Å². The molecule has 0 radical (unpaired) electrons. The fourth-order valence-corrected chi connectivity index (χ4v) is 3.42. The second-order valence-electron chi connectivity index (χ2n) is 6.64. The largest absolute Gasteiger partial charge is 0.497 e. The topological polar surface area (TPSA) is 67.5 Å². The standard InChI is InChI=1S/C20H23N3O4/c1-25-16-6-4-15(5-7-16)17-13-18(19-3-2-10-27-19)23(21-17)20(24)14-22-8-11-26-12-9-22/h2-7,10,18H,8-9,11-14H2,1H3/t18-/m1/s1. The van der Waals surface area contributed by atoms with Gasteiger partial charge >= 0.3 is 0 Å². The van der Waals surface area contributed by atoms with E-state index in [0.29, 0.717) is 26.2 Å². The number of morpholine rings is 1. The summed E-state index contributed by atoms with van der Waals surface area (Å²) in [7, 11) is 1.64. The van der Waals surface area contributed by atoms with Crippen LogP contribution in [0.3, 0.4) is 0 Å². The number of hydrogen-bond donors (Lipinski definition) is 0. The molecule has 27 heavy (non-hydrogen) atoms. The molecule has 2 aliphatic heterocycles. The molecule has 0 aliphatic carbocycles. The van der Waals surface area contributed by atoms with E-state index in [1.807, 2.05) is 36.4 Å². The number of rotatable bonds is 5. The highest BCUT2D eigenvalue weighted by Crippen LogP contribution is 2.33. The lowest BCUT2D eigenvalue weighted by atomic mass is 10.0. The molecule has 3 heterocycles. The fourth-order valence-electron chi connectivity index (χ4n) is 3.42. The zero-order chi connectivity index (χ0) is 18.6. The molecule has 2 aliphatic rings. The van der Waals surface area contributed by atoms with Gasteiger partial charge in [0.15, 0.2) is 0 Å². The van der Waals surface area contributed by atoms with Gasteiger partial charge in [-0.2, -0.15) is 5.10 Å². The lowest BCUT2D eigenvalue weighted by Gasteiger charge is -2.28. The van der Waals surface area contributed by atoms with Gasteiger partial charge in [-0.05, 0) is 42.0 Å². The third-order valence-corrected chi connectivity index (χ3v) is 4.92. The molecule has 2 aromatic rings. The first kappa shape index (κ1) is 17.8. The molecule has 4 rings (SSSR count). The van der Waals surface area contributed by atoms with Crippen LogP contribution in [0.4, 0.5) is 0 Å². The Bertz CT molecular complexity index is 795. The summed E-state index contributed by atoms with van der Waals surface area (Å²) >= 11 is 0. The molecule has 0 unspecified atom stereocenters. The van der Waals surface area contributed by atoms with Gasteiger partial charge in [-0.1, -0.05) is 0 Å². The Labute approximate surface area is 158 Å². The molecule has 7 heteroatoms. The number of benzene rings is 1. The molecular formula is C20H23N3O4. The van der Waals surface area contributed by atoms with Crippen molar-refractivity contribution in [2.45, 2.75) is 12.5 Å². The minimum Gasteiger partial charge on any atom is -0.497 e. The van der Waals surface area contributed by atoms with E-state index in [-0.39, 0.29) is 11.9 Å². The number of hydrogen-bond acceptors (Lipinski definition) is 6. The van der Waals surface area contributed by atoms with Gasteiger partial charge in [-0.25, -0.2) is 5.01 Å². The molecule has 1 fully saturated rings. The highest BCUT2D eigenvalue weighted by molar-refractivity contribution is 6.03. The molecule has 1 atom stereocenters. The van der Waals surface area contributed by atoms with Crippen molar-refractivity contribution in [2.24, 2.45) is 5.10 Å². The van der Waals surface area contributed by atoms with E-state index in [1.165, 1.54) is 0 Å². The molecule has 7 nitrogen and oxygen atoms in total. The van der Waals surface area contributed by atoms with Crippen molar-refractivity contribution in [2.75, 3.05) is 40.0 Å². The Hall–Kier alpha value is -2.64. The Morgan fingerprint density at radius 2 is 2.00 bits per heavy atom. The number of ether oxygens (including phenoxy) is 2. The van der Waals surface area contributed by atoms with Crippen LogP contribution in [-0.2, 0) is 9.53 Å². The number of carbonyl (C=O) groups is 1. The van der Waals surface area contributed by atoms with Gasteiger partial charge in [0.05, 0.1) is 38.8 Å². The minimum atomic E-state index is -0.217. The molecule has 0 N–H and O–H groups in total. The summed E-state index contributed by atoms with van der Waals surface area (Å²) in [4.78, 5) is 15.1. The lowest BCUT2D eigenvalue weighted by molar-refractivity contribution is -0.135. The summed E-state index contributed by atoms with van der Waals surface area (Å²) in [5.41, 5.74) is 1.85. The maximum atomic E-state index is 13.0. The SMILES string of the molecule is COc1ccc(C2=NN(C(=O)CN3CCOCC3)[C@@H](c3ccco3)C2)cc1. The zero-order valence-electron chi connectivity index (χ0n) is 15.3. The summed E-state index contributed by atoms with van der Waals surface area (Å²) < 4.78 is 16.2. The van der Waals surface area contributed by atoms with Gasteiger partial charge in [-0.15, -0.1) is 0 Å². The van der Waals surface area contributed by atoms with Crippen LogP contribution in [0.25, 0.3) is 0 Å². The first-order valence-electron chi connectivity index (χ1n) is 9.12. The first-order chi connectivity index (χ1) is 13.2. The number of nitrogens with zero attached hydrogens (tertiary/aromatic N) is 3. The van der Waals surface area contributed by atoms with Crippen molar-refractivity contribution in [3.63, 3.8) is 0 Å². The number of furan rings is 1. The average molecular weight is 369 g/mol. The Balaban J connectivity index is 1.56. The number of carbonyl (C=O) groups excluding carboxylic acids is 1. The summed E-state index contributed by atoms with van der Waals surface area (Å²) in [6.45, 7) is 3.19. The third-order valence-electron chi connectivity index (χ3n) is 4.92. The maximum Gasteiger partial charge on any atom is 0.257 e. The van der Waals surface area contributed by atoms with E-state index in [0.717, 1.165) is 35.9 Å². The Morgan fingerprint density at radius 3 is 2.67 bits per heavy atom. The van der Waals surface area contributed by atoms with E-state index in [2.05, 4.69) is 10.0 Å². The van der Waals surface area contributed by atoms with Crippen LogP contribution in [-0.4, -0.2) is 61.5 Å². The molecule has 1 amide bonds. The molecule has 1 aromatic heterocycles. The monoisotopic (exact) mass is 369 g/mol. The summed E-state index contributed by atoms with van der Waals surface area (Å²) in [5.74, 6) is 1.51. The van der Waals surface area contributed by atoms with Crippen LogP contribution in [0.5, 0.6) is 5.75 Å². The van der Waals surface area contributed by atoms with E-state index in [9.17, 15) is 4.79 Å². The number of hydrazone groups is 1. The van der Waals surface area contributed by atoms with Crippen molar-refractivity contribution in [1.82, 2.24) is 9.91 Å².